The molecule has 0 aromatic heterocycles. The van der Waals surface area contributed by atoms with Crippen molar-refractivity contribution in [1.82, 2.24) is 10.7 Å². The molecule has 1 unspecified atom stereocenters. The van der Waals surface area contributed by atoms with Crippen LogP contribution in [0, 0.1) is 17.7 Å². The molecule has 3 N–H and O–H groups in total. The van der Waals surface area contributed by atoms with E-state index in [0.29, 0.717) is 31.1 Å². The molecule has 166 valence electrons. The van der Waals surface area contributed by atoms with Gasteiger partial charge in [-0.2, -0.15) is 0 Å². The number of anilines is 1. The second kappa shape index (κ2) is 10.2. The molecule has 1 aliphatic carbocycles. The maximum atomic E-state index is 13.9. The third kappa shape index (κ3) is 7.27. The predicted octanol–water partition coefficient (Wildman–Crippen LogP) is 4.31. The summed E-state index contributed by atoms with van der Waals surface area (Å²) in [5, 5.41) is 2.42. The second-order valence-electron chi connectivity index (χ2n) is 9.28. The lowest BCUT2D eigenvalue weighted by Gasteiger charge is -2.27. The number of benzene rings is 1. The molecule has 1 saturated carbocycles. The molecule has 1 atom stereocenters. The zero-order valence-electron chi connectivity index (χ0n) is 18.1. The van der Waals surface area contributed by atoms with Crippen LogP contribution in [0.25, 0.3) is 0 Å². The number of unbranched alkanes of at least 4 members (excludes halogenated alkanes) is 2. The summed E-state index contributed by atoms with van der Waals surface area (Å²) in [4.78, 5) is 23.0. The minimum absolute atomic E-state index is 0.0229. The van der Waals surface area contributed by atoms with Crippen molar-refractivity contribution in [2.45, 2.75) is 77.2 Å². The lowest BCUT2D eigenvalue weighted by Crippen LogP contribution is -2.43. The number of hydrogen-bond donors (Lipinski definition) is 3. The van der Waals surface area contributed by atoms with Gasteiger partial charge in [0.25, 0.3) is 0 Å². The minimum atomic E-state index is -0.337. The van der Waals surface area contributed by atoms with Gasteiger partial charge in [-0.05, 0) is 64.0 Å². The van der Waals surface area contributed by atoms with Crippen molar-refractivity contribution in [3.05, 3.63) is 24.0 Å². The van der Waals surface area contributed by atoms with Gasteiger partial charge < -0.3 is 10.2 Å². The van der Waals surface area contributed by atoms with E-state index in [1.165, 1.54) is 18.9 Å². The summed E-state index contributed by atoms with van der Waals surface area (Å²) in [5.74, 6) is 0.242. The molecule has 2 aliphatic rings. The molecular formula is C23H34FN3O3. The average molecular weight is 420 g/mol. The molecule has 1 aromatic carbocycles. The van der Waals surface area contributed by atoms with Gasteiger partial charge in [-0.15, -0.1) is 0 Å². The van der Waals surface area contributed by atoms with Crippen molar-refractivity contribution in [3.63, 3.8) is 0 Å². The Morgan fingerprint density at radius 2 is 1.97 bits per heavy atom. The predicted molar refractivity (Wildman–Crippen MR) is 114 cm³/mol. The van der Waals surface area contributed by atoms with E-state index >= 15 is 0 Å². The summed E-state index contributed by atoms with van der Waals surface area (Å²) in [6, 6.07) is 4.82. The molecule has 0 radical (unpaired) electrons. The van der Waals surface area contributed by atoms with E-state index in [-0.39, 0.29) is 29.1 Å². The van der Waals surface area contributed by atoms with Crippen LogP contribution < -0.4 is 20.9 Å². The van der Waals surface area contributed by atoms with Gasteiger partial charge in [0.05, 0.1) is 12.3 Å². The zero-order chi connectivity index (χ0) is 21.6. The Bertz CT molecular complexity index is 749. The summed E-state index contributed by atoms with van der Waals surface area (Å²) in [5.41, 5.74) is 7.13. The van der Waals surface area contributed by atoms with E-state index < -0.39 is 0 Å². The molecule has 2 fully saturated rings. The van der Waals surface area contributed by atoms with Crippen molar-refractivity contribution in [3.8, 4) is 5.75 Å². The molecule has 3 rings (SSSR count). The van der Waals surface area contributed by atoms with Gasteiger partial charge in [-0.1, -0.05) is 19.3 Å². The summed E-state index contributed by atoms with van der Waals surface area (Å²) in [6.45, 7) is 4.82. The standard InChI is InChI=1S/C23H34FN3O3/c1-23(2,13-5-3-4-6-17-9-12-21(28)25-22(17)29)27-26-18-10-11-19(24)20(14-18)30-15-16-7-8-16/h10-11,14,16-17,26-27H,3-9,12-13,15H2,1-2H3,(H,25,28,29). The molecule has 1 heterocycles. The Labute approximate surface area is 178 Å². The van der Waals surface area contributed by atoms with E-state index in [1.54, 1.807) is 12.1 Å². The number of hydrogen-bond acceptors (Lipinski definition) is 5. The number of amides is 2. The van der Waals surface area contributed by atoms with Crippen LogP contribution in [0.3, 0.4) is 0 Å². The molecule has 7 heteroatoms. The fourth-order valence-corrected chi connectivity index (χ4v) is 3.64. The first-order valence-electron chi connectivity index (χ1n) is 11.1. The number of rotatable bonds is 12. The highest BCUT2D eigenvalue weighted by Gasteiger charge is 2.26. The number of halogens is 1. The first-order valence-corrected chi connectivity index (χ1v) is 11.1. The number of carbonyl (C=O) groups is 2. The third-order valence-corrected chi connectivity index (χ3v) is 5.86. The number of piperidine rings is 1. The first kappa shape index (κ1) is 22.5. The van der Waals surface area contributed by atoms with Crippen molar-refractivity contribution in [2.24, 2.45) is 11.8 Å². The Balaban J connectivity index is 1.34. The smallest absolute Gasteiger partial charge is 0.229 e. The van der Waals surface area contributed by atoms with Gasteiger partial charge in [0, 0.05) is 23.9 Å². The van der Waals surface area contributed by atoms with Crippen LogP contribution >= 0.6 is 0 Å². The Kier molecular flexibility index (Phi) is 7.69. The van der Waals surface area contributed by atoms with Gasteiger partial charge >= 0.3 is 0 Å². The van der Waals surface area contributed by atoms with Crippen LogP contribution in [0.4, 0.5) is 10.1 Å². The van der Waals surface area contributed by atoms with Gasteiger partial charge in [0.15, 0.2) is 11.6 Å². The van der Waals surface area contributed by atoms with Gasteiger partial charge in [0.2, 0.25) is 11.8 Å². The quantitative estimate of drug-likeness (QED) is 0.267. The van der Waals surface area contributed by atoms with E-state index in [1.807, 2.05) is 0 Å². The van der Waals surface area contributed by atoms with Gasteiger partial charge in [0.1, 0.15) is 0 Å². The highest BCUT2D eigenvalue weighted by molar-refractivity contribution is 5.98. The fourth-order valence-electron chi connectivity index (χ4n) is 3.64. The normalized spacial score (nSPS) is 19.5. The van der Waals surface area contributed by atoms with Crippen molar-refractivity contribution in [1.29, 1.82) is 0 Å². The van der Waals surface area contributed by atoms with Gasteiger partial charge in [-0.25, -0.2) is 9.82 Å². The van der Waals surface area contributed by atoms with Gasteiger partial charge in [-0.3, -0.25) is 14.9 Å². The summed E-state index contributed by atoms with van der Waals surface area (Å²) < 4.78 is 19.5. The number of ether oxygens (including phenoxy) is 1. The number of carbonyl (C=O) groups excluding carboxylic acids is 2. The van der Waals surface area contributed by atoms with E-state index in [2.05, 4.69) is 30.0 Å². The average Bonchev–Trinajstić information content (AvgIpc) is 3.52. The maximum Gasteiger partial charge on any atom is 0.229 e. The number of nitrogens with one attached hydrogen (secondary N) is 3. The highest BCUT2D eigenvalue weighted by atomic mass is 19.1. The van der Waals surface area contributed by atoms with Crippen molar-refractivity contribution in [2.75, 3.05) is 12.0 Å². The minimum Gasteiger partial charge on any atom is -0.490 e. The van der Waals surface area contributed by atoms with Crippen LogP contribution in [0.15, 0.2) is 18.2 Å². The van der Waals surface area contributed by atoms with Crippen LogP contribution in [0.1, 0.15) is 71.6 Å². The summed E-state index contributed by atoms with van der Waals surface area (Å²) in [6.07, 6.45) is 8.32. The second-order valence-corrected chi connectivity index (χ2v) is 9.28. The number of imide groups is 1. The molecule has 1 saturated heterocycles. The van der Waals surface area contributed by atoms with Crippen molar-refractivity contribution >= 4 is 17.5 Å². The molecular weight excluding hydrogens is 385 g/mol. The molecule has 1 aromatic rings. The molecule has 1 aliphatic heterocycles. The molecule has 0 spiro atoms. The van der Waals surface area contributed by atoms with Crippen molar-refractivity contribution < 1.29 is 18.7 Å². The van der Waals surface area contributed by atoms with Crippen LogP contribution in [0.2, 0.25) is 0 Å². The molecule has 2 amide bonds. The third-order valence-electron chi connectivity index (χ3n) is 5.86. The lowest BCUT2D eigenvalue weighted by molar-refractivity contribution is -0.136. The van der Waals surface area contributed by atoms with E-state index in [0.717, 1.165) is 37.8 Å². The Morgan fingerprint density at radius 3 is 2.70 bits per heavy atom. The van der Waals surface area contributed by atoms with Crippen LogP contribution in [0.5, 0.6) is 5.75 Å². The zero-order valence-corrected chi connectivity index (χ0v) is 18.1. The number of hydrazine groups is 1. The van der Waals surface area contributed by atoms with Crippen LogP contribution in [-0.4, -0.2) is 24.0 Å². The maximum absolute atomic E-state index is 13.9. The molecule has 0 bridgehead atoms. The Morgan fingerprint density at radius 1 is 1.17 bits per heavy atom. The SMILES string of the molecule is CC(C)(CCCCCC1CCC(=O)NC1=O)NNc1ccc(F)c(OCC2CC2)c1. The van der Waals surface area contributed by atoms with E-state index in [9.17, 15) is 14.0 Å². The summed E-state index contributed by atoms with van der Waals surface area (Å²) in [7, 11) is 0. The highest BCUT2D eigenvalue weighted by Crippen LogP contribution is 2.31. The summed E-state index contributed by atoms with van der Waals surface area (Å²) >= 11 is 0. The lowest BCUT2D eigenvalue weighted by atomic mass is 9.91. The molecule has 6 nitrogen and oxygen atoms in total. The first-order chi connectivity index (χ1) is 14.3. The fraction of sp³-hybridized carbons (Fsp3) is 0.652. The van der Waals surface area contributed by atoms with Crippen LogP contribution in [-0.2, 0) is 9.59 Å². The molecule has 30 heavy (non-hydrogen) atoms. The van der Waals surface area contributed by atoms with E-state index in [4.69, 9.17) is 4.74 Å². The monoisotopic (exact) mass is 419 g/mol. The largest absolute Gasteiger partial charge is 0.490 e. The topological polar surface area (TPSA) is 79.5 Å². The Hall–Kier alpha value is -2.15.